The van der Waals surface area contributed by atoms with Crippen LogP contribution in [0.3, 0.4) is 0 Å². The zero-order chi connectivity index (χ0) is 12.3. The highest BCUT2D eigenvalue weighted by atomic mass is 35.5. The van der Waals surface area contributed by atoms with Gasteiger partial charge < -0.3 is 5.11 Å². The fourth-order valence-electron chi connectivity index (χ4n) is 1.35. The van der Waals surface area contributed by atoms with Gasteiger partial charge in [0.2, 0.25) is 0 Å². The van der Waals surface area contributed by atoms with E-state index in [0.29, 0.717) is 23.1 Å². The third-order valence-electron chi connectivity index (χ3n) is 2.09. The summed E-state index contributed by atoms with van der Waals surface area (Å²) in [4.78, 5) is 11.3. The van der Waals surface area contributed by atoms with Crippen LogP contribution in [-0.2, 0) is 11.3 Å². The lowest BCUT2D eigenvalue weighted by Crippen LogP contribution is -2.05. The predicted molar refractivity (Wildman–Crippen MR) is 63.0 cm³/mol. The van der Waals surface area contributed by atoms with Crippen molar-refractivity contribution in [2.75, 3.05) is 0 Å². The highest BCUT2D eigenvalue weighted by Gasteiger charge is 2.11. The molecule has 0 bridgehead atoms. The van der Waals surface area contributed by atoms with Crippen LogP contribution in [0.4, 0.5) is 0 Å². The van der Waals surface area contributed by atoms with Gasteiger partial charge in [-0.25, -0.2) is 4.68 Å². The number of hydrogen-bond acceptors (Lipinski definition) is 5. The Morgan fingerprint density at radius 2 is 2.35 bits per heavy atom. The number of thiophene rings is 1. The van der Waals surface area contributed by atoms with Crippen LogP contribution in [-0.4, -0.2) is 31.3 Å². The number of rotatable bonds is 5. The molecule has 0 aliphatic heterocycles. The molecule has 0 atom stereocenters. The van der Waals surface area contributed by atoms with Gasteiger partial charge in [-0.3, -0.25) is 4.79 Å². The quantitative estimate of drug-likeness (QED) is 0.899. The molecule has 2 aromatic heterocycles. The van der Waals surface area contributed by atoms with Crippen molar-refractivity contribution in [1.29, 1.82) is 0 Å². The average molecular weight is 273 g/mol. The molecule has 0 fully saturated rings. The summed E-state index contributed by atoms with van der Waals surface area (Å²) in [6.07, 6.45) is 0.594. The Kier molecular flexibility index (Phi) is 3.70. The molecule has 2 aromatic rings. The molecule has 0 aliphatic rings. The van der Waals surface area contributed by atoms with E-state index in [0.717, 1.165) is 4.88 Å². The maximum atomic E-state index is 10.4. The molecule has 6 nitrogen and oxygen atoms in total. The third kappa shape index (κ3) is 3.01. The molecule has 0 unspecified atom stereocenters. The van der Waals surface area contributed by atoms with Gasteiger partial charge in [0.1, 0.15) is 0 Å². The number of hydrogen-bond donors (Lipinski definition) is 1. The van der Waals surface area contributed by atoms with Gasteiger partial charge in [-0.05, 0) is 29.0 Å². The van der Waals surface area contributed by atoms with Crippen molar-refractivity contribution in [3.63, 3.8) is 0 Å². The molecule has 0 radical (unpaired) electrons. The largest absolute Gasteiger partial charge is 0.481 e. The van der Waals surface area contributed by atoms with Crippen LogP contribution >= 0.6 is 22.9 Å². The van der Waals surface area contributed by atoms with Gasteiger partial charge in [-0.1, -0.05) is 11.6 Å². The monoisotopic (exact) mass is 272 g/mol. The van der Waals surface area contributed by atoms with E-state index in [1.807, 2.05) is 6.07 Å². The smallest absolute Gasteiger partial charge is 0.303 e. The maximum Gasteiger partial charge on any atom is 0.303 e. The molecule has 0 spiro atoms. The van der Waals surface area contributed by atoms with Gasteiger partial charge >= 0.3 is 5.97 Å². The van der Waals surface area contributed by atoms with Crippen LogP contribution < -0.4 is 0 Å². The van der Waals surface area contributed by atoms with Crippen molar-refractivity contribution in [3.8, 4) is 10.7 Å². The van der Waals surface area contributed by atoms with Crippen molar-refractivity contribution >= 4 is 28.9 Å². The van der Waals surface area contributed by atoms with Crippen molar-refractivity contribution < 1.29 is 9.90 Å². The number of aromatic nitrogens is 4. The van der Waals surface area contributed by atoms with Gasteiger partial charge in [-0.15, -0.1) is 16.4 Å². The summed E-state index contributed by atoms with van der Waals surface area (Å²) in [6, 6.07) is 3.62. The number of aryl methyl sites for hydroxylation is 1. The van der Waals surface area contributed by atoms with Crippen molar-refractivity contribution in [2.24, 2.45) is 0 Å². The maximum absolute atomic E-state index is 10.4. The molecule has 17 heavy (non-hydrogen) atoms. The zero-order valence-electron chi connectivity index (χ0n) is 8.71. The summed E-state index contributed by atoms with van der Waals surface area (Å²) < 4.78 is 2.26. The molecule has 0 saturated carbocycles. The lowest BCUT2D eigenvalue weighted by atomic mass is 10.3. The second-order valence-corrected chi connectivity index (χ2v) is 5.04. The van der Waals surface area contributed by atoms with E-state index in [1.54, 1.807) is 10.7 Å². The Morgan fingerprint density at radius 1 is 1.53 bits per heavy atom. The molecule has 0 amide bonds. The fraction of sp³-hybridized carbons (Fsp3) is 0.333. The summed E-state index contributed by atoms with van der Waals surface area (Å²) in [5.74, 6) is -0.203. The number of tetrazole rings is 1. The minimum absolute atomic E-state index is 0.102. The second-order valence-electron chi connectivity index (χ2n) is 3.33. The molecule has 2 heterocycles. The predicted octanol–water partition coefficient (Wildman–Crippen LogP) is 1.92. The highest BCUT2D eigenvalue weighted by molar-refractivity contribution is 7.19. The van der Waals surface area contributed by atoms with E-state index in [9.17, 15) is 4.79 Å². The number of aliphatic carboxylic acids is 1. The minimum Gasteiger partial charge on any atom is -0.481 e. The standard InChI is InChI=1S/C9H9ClN4O2S/c10-7-4-3-6(17-7)9-11-12-13-14(9)5-1-2-8(15)16/h3-4H,1-2,5H2,(H,15,16). The van der Waals surface area contributed by atoms with Gasteiger partial charge in [0, 0.05) is 13.0 Å². The molecule has 1 N–H and O–H groups in total. The zero-order valence-corrected chi connectivity index (χ0v) is 10.3. The molecule has 0 aromatic carbocycles. The molecular weight excluding hydrogens is 264 g/mol. The normalized spacial score (nSPS) is 10.6. The topological polar surface area (TPSA) is 80.9 Å². The highest BCUT2D eigenvalue weighted by Crippen LogP contribution is 2.29. The number of carboxylic acids is 1. The SMILES string of the molecule is O=C(O)CCCn1nnnc1-c1ccc(Cl)s1. The average Bonchev–Trinajstić information content (AvgIpc) is 2.86. The summed E-state index contributed by atoms with van der Waals surface area (Å²) in [5.41, 5.74) is 0. The first-order valence-corrected chi connectivity index (χ1v) is 6.10. The summed E-state index contributed by atoms with van der Waals surface area (Å²) in [5, 5.41) is 19.9. The van der Waals surface area contributed by atoms with E-state index in [2.05, 4.69) is 15.5 Å². The Bertz CT molecular complexity index is 525. The van der Waals surface area contributed by atoms with Crippen LogP contribution in [0, 0.1) is 0 Å². The Hall–Kier alpha value is -1.47. The molecule has 8 heteroatoms. The summed E-state index contributed by atoms with van der Waals surface area (Å²) >= 11 is 7.22. The lowest BCUT2D eigenvalue weighted by Gasteiger charge is -2.00. The van der Waals surface area contributed by atoms with Crippen molar-refractivity contribution in [1.82, 2.24) is 20.2 Å². The van der Waals surface area contributed by atoms with E-state index in [1.165, 1.54) is 11.3 Å². The molecule has 0 saturated heterocycles. The molecular formula is C9H9ClN4O2S. The summed E-state index contributed by atoms with van der Waals surface area (Å²) in [7, 11) is 0. The lowest BCUT2D eigenvalue weighted by molar-refractivity contribution is -0.137. The van der Waals surface area contributed by atoms with Gasteiger partial charge in [0.05, 0.1) is 9.21 Å². The van der Waals surface area contributed by atoms with Crippen LogP contribution in [0.5, 0.6) is 0 Å². The van der Waals surface area contributed by atoms with Crippen LogP contribution in [0.2, 0.25) is 4.34 Å². The Balaban J connectivity index is 2.09. The number of nitrogens with zero attached hydrogens (tertiary/aromatic N) is 4. The fourth-order valence-corrected chi connectivity index (χ4v) is 2.38. The van der Waals surface area contributed by atoms with Gasteiger partial charge in [0.15, 0.2) is 5.82 Å². The van der Waals surface area contributed by atoms with E-state index in [-0.39, 0.29) is 6.42 Å². The Labute approximate surface area is 106 Å². The van der Waals surface area contributed by atoms with E-state index < -0.39 is 5.97 Å². The minimum atomic E-state index is -0.821. The number of halogens is 1. The molecule has 2 rings (SSSR count). The van der Waals surface area contributed by atoms with Gasteiger partial charge in [0.25, 0.3) is 0 Å². The van der Waals surface area contributed by atoms with Crippen molar-refractivity contribution in [3.05, 3.63) is 16.5 Å². The van der Waals surface area contributed by atoms with Crippen LogP contribution in [0.1, 0.15) is 12.8 Å². The van der Waals surface area contributed by atoms with Crippen molar-refractivity contribution in [2.45, 2.75) is 19.4 Å². The third-order valence-corrected chi connectivity index (χ3v) is 3.31. The number of carboxylic acid groups (broad SMARTS) is 1. The van der Waals surface area contributed by atoms with Crippen LogP contribution in [0.15, 0.2) is 12.1 Å². The van der Waals surface area contributed by atoms with E-state index in [4.69, 9.17) is 16.7 Å². The van der Waals surface area contributed by atoms with E-state index >= 15 is 0 Å². The Morgan fingerprint density at radius 3 is 3.00 bits per heavy atom. The van der Waals surface area contributed by atoms with Gasteiger partial charge in [-0.2, -0.15) is 0 Å². The van der Waals surface area contributed by atoms with Crippen LogP contribution in [0.25, 0.3) is 10.7 Å². The first kappa shape index (κ1) is 12.0. The first-order chi connectivity index (χ1) is 8.16. The summed E-state index contributed by atoms with van der Waals surface area (Å²) in [6.45, 7) is 0.476. The molecule has 0 aliphatic carbocycles. The first-order valence-electron chi connectivity index (χ1n) is 4.90. The molecule has 90 valence electrons. The number of carbonyl (C=O) groups is 1. The second kappa shape index (κ2) is 5.24.